The van der Waals surface area contributed by atoms with Crippen molar-refractivity contribution in [1.29, 1.82) is 0 Å². The zero-order chi connectivity index (χ0) is 18.1. The van der Waals surface area contributed by atoms with Gasteiger partial charge in [0.2, 0.25) is 0 Å². The molecule has 128 valence electrons. The van der Waals surface area contributed by atoms with Crippen LogP contribution in [0, 0.1) is 0 Å². The van der Waals surface area contributed by atoms with Crippen molar-refractivity contribution in [3.8, 4) is 0 Å². The summed E-state index contributed by atoms with van der Waals surface area (Å²) in [4.78, 5) is 26.8. The van der Waals surface area contributed by atoms with Gasteiger partial charge in [0.25, 0.3) is 11.1 Å². The normalized spacial score (nSPS) is 16.0. The Bertz CT molecular complexity index is 1040. The summed E-state index contributed by atoms with van der Waals surface area (Å²) in [6, 6.07) is 21.7. The lowest BCUT2D eigenvalue weighted by molar-refractivity contribution is -0.123. The predicted molar refractivity (Wildman–Crippen MR) is 110 cm³/mol. The van der Waals surface area contributed by atoms with E-state index >= 15 is 0 Å². The van der Waals surface area contributed by atoms with Crippen molar-refractivity contribution in [3.05, 3.63) is 87.2 Å². The van der Waals surface area contributed by atoms with Crippen LogP contribution in [0.15, 0.2) is 76.1 Å². The average molecular weight is 424 g/mol. The minimum absolute atomic E-state index is 0.230. The van der Waals surface area contributed by atoms with Crippen LogP contribution in [0.5, 0.6) is 0 Å². The SMILES string of the molecule is O=C1SC(=Cc2ccc(Br)cc2)C(=O)N1Cc1ccc2ccccc2c1. The first-order chi connectivity index (χ1) is 12.6. The van der Waals surface area contributed by atoms with E-state index in [0.29, 0.717) is 4.91 Å². The third-order valence-electron chi connectivity index (χ3n) is 4.20. The zero-order valence-electron chi connectivity index (χ0n) is 13.7. The van der Waals surface area contributed by atoms with Gasteiger partial charge in [-0.3, -0.25) is 14.5 Å². The Morgan fingerprint density at radius 1 is 0.923 bits per heavy atom. The van der Waals surface area contributed by atoms with Gasteiger partial charge < -0.3 is 0 Å². The van der Waals surface area contributed by atoms with Crippen LogP contribution >= 0.6 is 27.7 Å². The second-order valence-electron chi connectivity index (χ2n) is 6.00. The number of amides is 2. The second-order valence-corrected chi connectivity index (χ2v) is 7.91. The molecule has 2 amide bonds. The Labute approximate surface area is 163 Å². The molecule has 0 aromatic heterocycles. The highest BCUT2D eigenvalue weighted by Gasteiger charge is 2.34. The molecule has 0 N–H and O–H groups in total. The summed E-state index contributed by atoms with van der Waals surface area (Å²) in [5.41, 5.74) is 1.83. The smallest absolute Gasteiger partial charge is 0.268 e. The molecule has 4 rings (SSSR count). The summed E-state index contributed by atoms with van der Waals surface area (Å²) in [6.07, 6.45) is 1.76. The monoisotopic (exact) mass is 423 g/mol. The molecular weight excluding hydrogens is 410 g/mol. The number of thioether (sulfide) groups is 1. The Morgan fingerprint density at radius 2 is 1.65 bits per heavy atom. The van der Waals surface area contributed by atoms with E-state index in [4.69, 9.17) is 0 Å². The molecule has 1 saturated heterocycles. The number of hydrogen-bond donors (Lipinski definition) is 0. The zero-order valence-corrected chi connectivity index (χ0v) is 16.1. The fourth-order valence-corrected chi connectivity index (χ4v) is 3.97. The molecule has 3 aromatic rings. The quantitative estimate of drug-likeness (QED) is 0.496. The molecule has 1 aliphatic rings. The largest absolute Gasteiger partial charge is 0.293 e. The topological polar surface area (TPSA) is 37.4 Å². The van der Waals surface area contributed by atoms with E-state index < -0.39 is 0 Å². The molecule has 1 heterocycles. The Balaban J connectivity index is 1.57. The van der Waals surface area contributed by atoms with E-state index in [0.717, 1.165) is 38.1 Å². The van der Waals surface area contributed by atoms with Crippen LogP contribution < -0.4 is 0 Å². The first-order valence-electron chi connectivity index (χ1n) is 8.09. The maximum absolute atomic E-state index is 12.7. The highest BCUT2D eigenvalue weighted by atomic mass is 79.9. The highest BCUT2D eigenvalue weighted by Crippen LogP contribution is 2.33. The maximum Gasteiger partial charge on any atom is 0.293 e. The Hall–Kier alpha value is -2.37. The van der Waals surface area contributed by atoms with Gasteiger partial charge in [0, 0.05) is 4.47 Å². The van der Waals surface area contributed by atoms with Gasteiger partial charge in [-0.1, -0.05) is 64.5 Å². The molecule has 1 fully saturated rings. The number of rotatable bonds is 3. The molecule has 5 heteroatoms. The number of nitrogens with zero attached hydrogens (tertiary/aromatic N) is 1. The van der Waals surface area contributed by atoms with Gasteiger partial charge in [-0.15, -0.1) is 0 Å². The van der Waals surface area contributed by atoms with E-state index in [2.05, 4.69) is 15.9 Å². The van der Waals surface area contributed by atoms with Crippen molar-refractivity contribution in [2.45, 2.75) is 6.54 Å². The fourth-order valence-electron chi connectivity index (χ4n) is 2.87. The molecule has 3 nitrogen and oxygen atoms in total. The maximum atomic E-state index is 12.7. The Kier molecular flexibility index (Phi) is 4.66. The van der Waals surface area contributed by atoms with Crippen molar-refractivity contribution in [1.82, 2.24) is 4.90 Å². The molecule has 0 radical (unpaired) electrons. The van der Waals surface area contributed by atoms with Crippen LogP contribution in [-0.4, -0.2) is 16.0 Å². The third-order valence-corrected chi connectivity index (χ3v) is 5.63. The second kappa shape index (κ2) is 7.09. The molecule has 0 aliphatic carbocycles. The van der Waals surface area contributed by atoms with Crippen LogP contribution in [0.1, 0.15) is 11.1 Å². The van der Waals surface area contributed by atoms with Crippen molar-refractivity contribution in [3.63, 3.8) is 0 Å². The lowest BCUT2D eigenvalue weighted by Crippen LogP contribution is -2.27. The minimum Gasteiger partial charge on any atom is -0.268 e. The summed E-state index contributed by atoms with van der Waals surface area (Å²) in [6.45, 7) is 0.285. The number of halogens is 1. The molecule has 0 atom stereocenters. The fraction of sp³-hybridized carbons (Fsp3) is 0.0476. The summed E-state index contributed by atoms with van der Waals surface area (Å²) >= 11 is 4.38. The van der Waals surface area contributed by atoms with Crippen LogP contribution in [0.2, 0.25) is 0 Å². The van der Waals surface area contributed by atoms with Crippen molar-refractivity contribution in [2.24, 2.45) is 0 Å². The third kappa shape index (κ3) is 3.45. The summed E-state index contributed by atoms with van der Waals surface area (Å²) in [7, 11) is 0. The molecule has 0 bridgehead atoms. The lowest BCUT2D eigenvalue weighted by Gasteiger charge is -2.13. The number of imide groups is 1. The van der Waals surface area contributed by atoms with Gasteiger partial charge in [0.1, 0.15) is 0 Å². The average Bonchev–Trinajstić information content (AvgIpc) is 2.91. The predicted octanol–water partition coefficient (Wildman–Crippen LogP) is 5.84. The van der Waals surface area contributed by atoms with Gasteiger partial charge in [0.05, 0.1) is 11.4 Å². The molecule has 0 spiro atoms. The first-order valence-corrected chi connectivity index (χ1v) is 9.70. The van der Waals surface area contributed by atoms with E-state index in [9.17, 15) is 9.59 Å². The van der Waals surface area contributed by atoms with Gasteiger partial charge >= 0.3 is 0 Å². The van der Waals surface area contributed by atoms with Crippen LogP contribution in [-0.2, 0) is 11.3 Å². The van der Waals surface area contributed by atoms with E-state index in [-0.39, 0.29) is 17.7 Å². The first kappa shape index (κ1) is 17.1. The number of hydrogen-bond acceptors (Lipinski definition) is 3. The van der Waals surface area contributed by atoms with Crippen molar-refractivity contribution >= 4 is 55.7 Å². The standard InChI is InChI=1S/C21H14BrNO2S/c22-18-9-6-14(7-10-18)12-19-20(24)23(21(25)26-19)13-15-5-8-16-3-1-2-4-17(16)11-15/h1-12H,13H2. The molecule has 26 heavy (non-hydrogen) atoms. The van der Waals surface area contributed by atoms with Crippen molar-refractivity contribution < 1.29 is 9.59 Å². The summed E-state index contributed by atoms with van der Waals surface area (Å²) in [5.74, 6) is -0.240. The van der Waals surface area contributed by atoms with Gasteiger partial charge in [0.15, 0.2) is 0 Å². The van der Waals surface area contributed by atoms with E-state index in [1.54, 1.807) is 6.08 Å². The van der Waals surface area contributed by atoms with Crippen LogP contribution in [0.3, 0.4) is 0 Å². The van der Waals surface area contributed by atoms with Crippen molar-refractivity contribution in [2.75, 3.05) is 0 Å². The Morgan fingerprint density at radius 3 is 2.42 bits per heavy atom. The number of carbonyl (C=O) groups is 2. The summed E-state index contributed by atoms with van der Waals surface area (Å²) < 4.78 is 0.971. The van der Waals surface area contributed by atoms with Crippen LogP contribution in [0.25, 0.3) is 16.8 Å². The van der Waals surface area contributed by atoms with E-state index in [1.807, 2.05) is 66.7 Å². The number of benzene rings is 3. The van der Waals surface area contributed by atoms with Crippen LogP contribution in [0.4, 0.5) is 4.79 Å². The minimum atomic E-state index is -0.240. The molecular formula is C21H14BrNO2S. The number of carbonyl (C=O) groups excluding carboxylic acids is 2. The van der Waals surface area contributed by atoms with E-state index in [1.165, 1.54) is 4.90 Å². The number of fused-ring (bicyclic) bond motifs is 1. The molecule has 0 saturated carbocycles. The molecule has 0 unspecified atom stereocenters. The van der Waals surface area contributed by atoms with Gasteiger partial charge in [-0.05, 0) is 57.9 Å². The summed E-state index contributed by atoms with van der Waals surface area (Å²) in [5, 5.41) is 2.01. The lowest BCUT2D eigenvalue weighted by atomic mass is 10.1. The van der Waals surface area contributed by atoms with Gasteiger partial charge in [-0.2, -0.15) is 0 Å². The van der Waals surface area contributed by atoms with Gasteiger partial charge in [-0.25, -0.2) is 0 Å². The highest BCUT2D eigenvalue weighted by molar-refractivity contribution is 9.10. The molecule has 1 aliphatic heterocycles. The molecule has 3 aromatic carbocycles.